The Morgan fingerprint density at radius 2 is 2.00 bits per heavy atom. The smallest absolute Gasteiger partial charge is 0.338 e. The van der Waals surface area contributed by atoms with Crippen LogP contribution >= 0.6 is 0 Å². The summed E-state index contributed by atoms with van der Waals surface area (Å²) < 4.78 is 31.4. The van der Waals surface area contributed by atoms with Gasteiger partial charge in [0.1, 0.15) is 18.2 Å². The van der Waals surface area contributed by atoms with Crippen LogP contribution in [-0.4, -0.2) is 5.97 Å². The van der Waals surface area contributed by atoms with E-state index in [4.69, 9.17) is 10.5 Å². The lowest BCUT2D eigenvalue weighted by atomic mass is 10.1. The standard InChI is InChI=1S/C15H13F2NO2/c1-9-13(17)6-11(7-14(9)18)15(19)20-8-10-3-2-4-12(16)5-10/h2-7H,8,18H2,1H3. The molecular formula is C15H13F2NO2. The van der Waals surface area contributed by atoms with Crippen LogP contribution in [0.15, 0.2) is 36.4 Å². The minimum Gasteiger partial charge on any atom is -0.457 e. The van der Waals surface area contributed by atoms with E-state index in [1.807, 2.05) is 0 Å². The zero-order valence-corrected chi connectivity index (χ0v) is 10.8. The first-order valence-corrected chi connectivity index (χ1v) is 5.94. The molecule has 0 saturated heterocycles. The summed E-state index contributed by atoms with van der Waals surface area (Å²) in [5.74, 6) is -1.69. The van der Waals surface area contributed by atoms with Crippen molar-refractivity contribution in [2.75, 3.05) is 5.73 Å². The highest BCUT2D eigenvalue weighted by Gasteiger charge is 2.12. The maximum Gasteiger partial charge on any atom is 0.338 e. The van der Waals surface area contributed by atoms with Crippen LogP contribution in [0.5, 0.6) is 0 Å². The van der Waals surface area contributed by atoms with Crippen LogP contribution in [0.3, 0.4) is 0 Å². The lowest BCUT2D eigenvalue weighted by molar-refractivity contribution is 0.0472. The molecule has 0 aliphatic rings. The van der Waals surface area contributed by atoms with Gasteiger partial charge in [0.2, 0.25) is 0 Å². The van der Waals surface area contributed by atoms with Crippen molar-refractivity contribution < 1.29 is 18.3 Å². The molecule has 0 radical (unpaired) electrons. The number of hydrogen-bond acceptors (Lipinski definition) is 3. The predicted molar refractivity (Wildman–Crippen MR) is 71.1 cm³/mol. The third kappa shape index (κ3) is 3.12. The quantitative estimate of drug-likeness (QED) is 0.692. The maximum atomic E-state index is 13.5. The molecule has 5 heteroatoms. The highest BCUT2D eigenvalue weighted by atomic mass is 19.1. The molecule has 0 heterocycles. The van der Waals surface area contributed by atoms with E-state index in [0.717, 1.165) is 6.07 Å². The van der Waals surface area contributed by atoms with E-state index in [0.29, 0.717) is 5.56 Å². The van der Waals surface area contributed by atoms with Crippen LogP contribution in [0.2, 0.25) is 0 Å². The van der Waals surface area contributed by atoms with Gasteiger partial charge in [-0.25, -0.2) is 13.6 Å². The zero-order valence-electron chi connectivity index (χ0n) is 10.8. The number of anilines is 1. The molecular weight excluding hydrogens is 264 g/mol. The van der Waals surface area contributed by atoms with Crippen molar-refractivity contribution in [3.8, 4) is 0 Å². The Morgan fingerprint density at radius 3 is 2.65 bits per heavy atom. The van der Waals surface area contributed by atoms with Gasteiger partial charge in [0.15, 0.2) is 0 Å². The number of carbonyl (C=O) groups is 1. The van der Waals surface area contributed by atoms with Crippen molar-refractivity contribution in [3.05, 3.63) is 64.7 Å². The van der Waals surface area contributed by atoms with Gasteiger partial charge in [-0.3, -0.25) is 0 Å². The SMILES string of the molecule is Cc1c(N)cc(C(=O)OCc2cccc(F)c2)cc1F. The molecule has 0 aliphatic heterocycles. The molecule has 2 aromatic rings. The minimum absolute atomic E-state index is 0.0296. The molecule has 0 atom stereocenters. The number of nitrogens with two attached hydrogens (primary N) is 1. The van der Waals surface area contributed by atoms with E-state index in [1.165, 1.54) is 31.2 Å². The molecule has 0 aromatic heterocycles. The van der Waals surface area contributed by atoms with Gasteiger partial charge < -0.3 is 10.5 Å². The summed E-state index contributed by atoms with van der Waals surface area (Å²) in [5, 5.41) is 0. The molecule has 0 bridgehead atoms. The fourth-order valence-electron chi connectivity index (χ4n) is 1.68. The second kappa shape index (κ2) is 5.69. The fraction of sp³-hybridized carbons (Fsp3) is 0.133. The molecule has 0 saturated carbocycles. The topological polar surface area (TPSA) is 52.3 Å². The second-order valence-electron chi connectivity index (χ2n) is 4.38. The maximum absolute atomic E-state index is 13.5. The van der Waals surface area contributed by atoms with E-state index in [-0.39, 0.29) is 23.4 Å². The Morgan fingerprint density at radius 1 is 1.25 bits per heavy atom. The summed E-state index contributed by atoms with van der Waals surface area (Å²) in [6.07, 6.45) is 0. The van der Waals surface area contributed by atoms with Crippen LogP contribution in [0.25, 0.3) is 0 Å². The molecule has 0 spiro atoms. The molecule has 0 aliphatic carbocycles. The molecule has 3 nitrogen and oxygen atoms in total. The summed E-state index contributed by atoms with van der Waals surface area (Å²) in [6, 6.07) is 8.12. The Kier molecular flexibility index (Phi) is 3.98. The summed E-state index contributed by atoms with van der Waals surface area (Å²) in [4.78, 5) is 11.8. The van der Waals surface area contributed by atoms with Crippen molar-refractivity contribution in [3.63, 3.8) is 0 Å². The van der Waals surface area contributed by atoms with Crippen LogP contribution in [0, 0.1) is 18.6 Å². The number of nitrogen functional groups attached to an aromatic ring is 1. The second-order valence-corrected chi connectivity index (χ2v) is 4.38. The average Bonchev–Trinajstić information content (AvgIpc) is 2.41. The first-order valence-electron chi connectivity index (χ1n) is 5.94. The van der Waals surface area contributed by atoms with Crippen LogP contribution in [0.1, 0.15) is 21.5 Å². The Labute approximate surface area is 115 Å². The van der Waals surface area contributed by atoms with Gasteiger partial charge in [0, 0.05) is 11.3 Å². The number of benzene rings is 2. The molecule has 20 heavy (non-hydrogen) atoms. The Balaban J connectivity index is 2.09. The third-order valence-corrected chi connectivity index (χ3v) is 2.88. The van der Waals surface area contributed by atoms with E-state index in [2.05, 4.69) is 0 Å². The Bertz CT molecular complexity index is 633. The lowest BCUT2D eigenvalue weighted by Gasteiger charge is -2.08. The normalized spacial score (nSPS) is 10.3. The van der Waals surface area contributed by atoms with Crippen molar-refractivity contribution in [1.29, 1.82) is 0 Å². The Hall–Kier alpha value is -2.43. The van der Waals surface area contributed by atoms with E-state index >= 15 is 0 Å². The van der Waals surface area contributed by atoms with Crippen molar-refractivity contribution >= 4 is 11.7 Å². The van der Waals surface area contributed by atoms with Gasteiger partial charge in [-0.05, 0) is 36.8 Å². The minimum atomic E-state index is -0.708. The van der Waals surface area contributed by atoms with Gasteiger partial charge >= 0.3 is 5.97 Å². The third-order valence-electron chi connectivity index (χ3n) is 2.88. The molecule has 2 N–H and O–H groups in total. The number of esters is 1. The highest BCUT2D eigenvalue weighted by molar-refractivity contribution is 5.90. The number of halogens is 2. The van der Waals surface area contributed by atoms with Crippen LogP contribution < -0.4 is 5.73 Å². The number of carbonyl (C=O) groups excluding carboxylic acids is 1. The van der Waals surface area contributed by atoms with Gasteiger partial charge in [-0.1, -0.05) is 12.1 Å². The molecule has 0 fully saturated rings. The van der Waals surface area contributed by atoms with Gasteiger partial charge in [-0.15, -0.1) is 0 Å². The van der Waals surface area contributed by atoms with Crippen molar-refractivity contribution in [1.82, 2.24) is 0 Å². The molecule has 104 valence electrons. The number of ether oxygens (including phenoxy) is 1. The van der Waals surface area contributed by atoms with Crippen molar-refractivity contribution in [2.45, 2.75) is 13.5 Å². The van der Waals surface area contributed by atoms with Gasteiger partial charge in [0.05, 0.1) is 5.56 Å². The van der Waals surface area contributed by atoms with Crippen LogP contribution in [-0.2, 0) is 11.3 Å². The zero-order chi connectivity index (χ0) is 14.7. The monoisotopic (exact) mass is 277 g/mol. The van der Waals surface area contributed by atoms with E-state index in [1.54, 1.807) is 6.07 Å². The largest absolute Gasteiger partial charge is 0.457 e. The average molecular weight is 277 g/mol. The molecule has 2 rings (SSSR count). The van der Waals surface area contributed by atoms with Gasteiger partial charge in [0.25, 0.3) is 0 Å². The number of hydrogen-bond donors (Lipinski definition) is 1. The summed E-state index contributed by atoms with van der Waals surface area (Å²) in [6.45, 7) is 1.43. The first kappa shape index (κ1) is 14.0. The number of rotatable bonds is 3. The first-order chi connectivity index (χ1) is 9.47. The summed E-state index contributed by atoms with van der Waals surface area (Å²) >= 11 is 0. The lowest BCUT2D eigenvalue weighted by Crippen LogP contribution is -2.07. The van der Waals surface area contributed by atoms with Crippen LogP contribution in [0.4, 0.5) is 14.5 Å². The van der Waals surface area contributed by atoms with Gasteiger partial charge in [-0.2, -0.15) is 0 Å². The summed E-state index contributed by atoms with van der Waals surface area (Å²) in [7, 11) is 0. The van der Waals surface area contributed by atoms with E-state index < -0.39 is 17.6 Å². The molecule has 0 unspecified atom stereocenters. The predicted octanol–water partition coefficient (Wildman–Crippen LogP) is 3.21. The van der Waals surface area contributed by atoms with Crippen molar-refractivity contribution in [2.24, 2.45) is 0 Å². The fourth-order valence-corrected chi connectivity index (χ4v) is 1.68. The summed E-state index contributed by atoms with van der Waals surface area (Å²) in [5.41, 5.74) is 6.60. The molecule has 2 aromatic carbocycles. The van der Waals surface area contributed by atoms with E-state index in [9.17, 15) is 13.6 Å². The highest BCUT2D eigenvalue weighted by Crippen LogP contribution is 2.18. The molecule has 0 amide bonds.